The van der Waals surface area contributed by atoms with E-state index < -0.39 is 0 Å². The number of piperidine rings is 1. The van der Waals surface area contributed by atoms with Crippen LogP contribution in [-0.4, -0.2) is 47.2 Å². The van der Waals surface area contributed by atoms with E-state index in [4.69, 9.17) is 0 Å². The normalized spacial score (nSPS) is 24.9. The molecule has 1 N–H and O–H groups in total. The van der Waals surface area contributed by atoms with Crippen molar-refractivity contribution in [1.82, 2.24) is 9.88 Å². The molecule has 0 aromatic carbocycles. The summed E-state index contributed by atoms with van der Waals surface area (Å²) in [5.74, 6) is 0. The van der Waals surface area contributed by atoms with Crippen molar-refractivity contribution in [2.75, 3.05) is 31.1 Å². The topological polar surface area (TPSA) is 39.6 Å². The van der Waals surface area contributed by atoms with Gasteiger partial charge in [-0.15, -0.1) is 0 Å². The minimum atomic E-state index is 0.0999. The van der Waals surface area contributed by atoms with Crippen LogP contribution in [0.3, 0.4) is 0 Å². The number of aromatic nitrogens is 1. The van der Waals surface area contributed by atoms with E-state index in [-0.39, 0.29) is 6.61 Å². The van der Waals surface area contributed by atoms with Crippen LogP contribution < -0.4 is 4.90 Å². The van der Waals surface area contributed by atoms with Gasteiger partial charge in [0, 0.05) is 37.4 Å². The van der Waals surface area contributed by atoms with Gasteiger partial charge in [-0.25, -0.2) is 0 Å². The standard InChI is InChI=1S/C14H21N3O/c18-11-12-4-5-15-9-14(12)17-8-7-16-6-2-1-3-13(16)10-17/h4-5,9,13,18H,1-3,6-8,10-11H2. The summed E-state index contributed by atoms with van der Waals surface area (Å²) in [6.07, 6.45) is 7.67. The third kappa shape index (κ3) is 2.22. The highest BCUT2D eigenvalue weighted by Crippen LogP contribution is 2.26. The second kappa shape index (κ2) is 5.24. The van der Waals surface area contributed by atoms with Gasteiger partial charge in [-0.3, -0.25) is 9.88 Å². The van der Waals surface area contributed by atoms with Gasteiger partial charge >= 0.3 is 0 Å². The fourth-order valence-electron chi connectivity index (χ4n) is 3.21. The highest BCUT2D eigenvalue weighted by Gasteiger charge is 2.29. The second-order valence-electron chi connectivity index (χ2n) is 5.29. The SMILES string of the molecule is OCc1ccncc1N1CCN2CCCCC2C1. The Kier molecular flexibility index (Phi) is 3.48. The molecule has 0 radical (unpaired) electrons. The van der Waals surface area contributed by atoms with Gasteiger partial charge in [0.1, 0.15) is 0 Å². The van der Waals surface area contributed by atoms with Gasteiger partial charge in [-0.05, 0) is 25.5 Å². The fraction of sp³-hybridized carbons (Fsp3) is 0.643. The maximum absolute atomic E-state index is 9.42. The number of hydrogen-bond acceptors (Lipinski definition) is 4. The van der Waals surface area contributed by atoms with Crippen molar-refractivity contribution in [3.05, 3.63) is 24.0 Å². The molecular formula is C14H21N3O. The summed E-state index contributed by atoms with van der Waals surface area (Å²) in [5.41, 5.74) is 2.11. The summed E-state index contributed by atoms with van der Waals surface area (Å²) in [7, 11) is 0. The molecule has 1 aromatic rings. The van der Waals surface area contributed by atoms with E-state index in [2.05, 4.69) is 14.8 Å². The van der Waals surface area contributed by atoms with Crippen LogP contribution in [0.25, 0.3) is 0 Å². The summed E-state index contributed by atoms with van der Waals surface area (Å²) in [4.78, 5) is 9.22. The predicted octanol–water partition coefficient (Wildman–Crippen LogP) is 1.25. The molecule has 2 aliphatic heterocycles. The van der Waals surface area contributed by atoms with Gasteiger partial charge in [0.15, 0.2) is 0 Å². The molecule has 1 aromatic heterocycles. The highest BCUT2D eigenvalue weighted by atomic mass is 16.3. The molecule has 0 spiro atoms. The van der Waals surface area contributed by atoms with Crippen molar-refractivity contribution in [2.45, 2.75) is 31.9 Å². The Morgan fingerprint density at radius 2 is 2.22 bits per heavy atom. The molecule has 2 saturated heterocycles. The van der Waals surface area contributed by atoms with E-state index >= 15 is 0 Å². The molecule has 1 unspecified atom stereocenters. The molecule has 2 fully saturated rings. The van der Waals surface area contributed by atoms with Gasteiger partial charge in [0.05, 0.1) is 18.5 Å². The number of anilines is 1. The van der Waals surface area contributed by atoms with Crippen LogP contribution in [-0.2, 0) is 6.61 Å². The molecule has 0 amide bonds. The number of aliphatic hydroxyl groups is 1. The molecule has 4 heteroatoms. The minimum absolute atomic E-state index is 0.0999. The van der Waals surface area contributed by atoms with Crippen LogP contribution in [0, 0.1) is 0 Å². The lowest BCUT2D eigenvalue weighted by atomic mass is 9.99. The highest BCUT2D eigenvalue weighted by molar-refractivity contribution is 5.52. The quantitative estimate of drug-likeness (QED) is 0.854. The molecule has 3 rings (SSSR count). The van der Waals surface area contributed by atoms with Gasteiger partial charge < -0.3 is 10.0 Å². The Hall–Kier alpha value is -1.13. The Balaban J connectivity index is 1.77. The first-order chi connectivity index (χ1) is 8.88. The van der Waals surface area contributed by atoms with Gasteiger partial charge in [0.2, 0.25) is 0 Å². The largest absolute Gasteiger partial charge is 0.392 e. The first kappa shape index (κ1) is 11.9. The van der Waals surface area contributed by atoms with Crippen molar-refractivity contribution in [3.63, 3.8) is 0 Å². The van der Waals surface area contributed by atoms with E-state index in [0.717, 1.165) is 30.9 Å². The first-order valence-electron chi connectivity index (χ1n) is 6.91. The van der Waals surface area contributed by atoms with Crippen molar-refractivity contribution in [3.8, 4) is 0 Å². The Bertz CT molecular complexity index is 410. The number of nitrogens with zero attached hydrogens (tertiary/aromatic N) is 3. The Morgan fingerprint density at radius 1 is 1.28 bits per heavy atom. The molecule has 3 heterocycles. The maximum Gasteiger partial charge on any atom is 0.0703 e. The zero-order valence-corrected chi connectivity index (χ0v) is 10.8. The Labute approximate surface area is 108 Å². The summed E-state index contributed by atoms with van der Waals surface area (Å²) in [5, 5.41) is 9.42. The Morgan fingerprint density at radius 3 is 3.11 bits per heavy atom. The average molecular weight is 247 g/mol. The lowest BCUT2D eigenvalue weighted by Crippen LogP contribution is -2.55. The number of rotatable bonds is 2. The van der Waals surface area contributed by atoms with Crippen molar-refractivity contribution < 1.29 is 5.11 Å². The smallest absolute Gasteiger partial charge is 0.0703 e. The third-order valence-electron chi connectivity index (χ3n) is 4.24. The molecular weight excluding hydrogens is 226 g/mol. The van der Waals surface area contributed by atoms with Gasteiger partial charge in [-0.2, -0.15) is 0 Å². The third-order valence-corrected chi connectivity index (χ3v) is 4.24. The predicted molar refractivity (Wildman–Crippen MR) is 71.6 cm³/mol. The van der Waals surface area contributed by atoms with Crippen molar-refractivity contribution in [1.29, 1.82) is 0 Å². The summed E-state index contributed by atoms with van der Waals surface area (Å²) in [6.45, 7) is 4.64. The monoisotopic (exact) mass is 247 g/mol. The van der Waals surface area contributed by atoms with E-state index in [1.165, 1.54) is 25.8 Å². The zero-order valence-electron chi connectivity index (χ0n) is 10.8. The summed E-state index contributed by atoms with van der Waals surface area (Å²) >= 11 is 0. The molecule has 0 bridgehead atoms. The van der Waals surface area contributed by atoms with E-state index in [1.54, 1.807) is 6.20 Å². The minimum Gasteiger partial charge on any atom is -0.392 e. The first-order valence-corrected chi connectivity index (χ1v) is 6.91. The number of piperazine rings is 1. The van der Waals surface area contributed by atoms with Crippen LogP contribution in [0.15, 0.2) is 18.5 Å². The summed E-state index contributed by atoms with van der Waals surface area (Å²) in [6, 6.07) is 2.61. The zero-order chi connectivity index (χ0) is 12.4. The molecule has 0 saturated carbocycles. The lowest BCUT2D eigenvalue weighted by Gasteiger charge is -2.45. The van der Waals surface area contributed by atoms with Gasteiger partial charge in [-0.1, -0.05) is 6.42 Å². The lowest BCUT2D eigenvalue weighted by molar-refractivity contribution is 0.133. The van der Waals surface area contributed by atoms with Crippen LogP contribution in [0.2, 0.25) is 0 Å². The molecule has 98 valence electrons. The van der Waals surface area contributed by atoms with Crippen LogP contribution >= 0.6 is 0 Å². The fourth-order valence-corrected chi connectivity index (χ4v) is 3.21. The van der Waals surface area contributed by atoms with Crippen LogP contribution in [0.1, 0.15) is 24.8 Å². The van der Waals surface area contributed by atoms with E-state index in [0.29, 0.717) is 6.04 Å². The van der Waals surface area contributed by atoms with Crippen molar-refractivity contribution >= 4 is 5.69 Å². The molecule has 2 aliphatic rings. The number of hydrogen-bond donors (Lipinski definition) is 1. The molecule has 0 aliphatic carbocycles. The maximum atomic E-state index is 9.42. The van der Waals surface area contributed by atoms with Crippen molar-refractivity contribution in [2.24, 2.45) is 0 Å². The average Bonchev–Trinajstić information content (AvgIpc) is 2.46. The molecule has 4 nitrogen and oxygen atoms in total. The van der Waals surface area contributed by atoms with Crippen LogP contribution in [0.4, 0.5) is 5.69 Å². The number of fused-ring (bicyclic) bond motifs is 1. The number of aliphatic hydroxyl groups excluding tert-OH is 1. The van der Waals surface area contributed by atoms with E-state index in [9.17, 15) is 5.11 Å². The summed E-state index contributed by atoms with van der Waals surface area (Å²) < 4.78 is 0. The second-order valence-corrected chi connectivity index (χ2v) is 5.29. The van der Waals surface area contributed by atoms with E-state index in [1.807, 2.05) is 12.3 Å². The molecule has 18 heavy (non-hydrogen) atoms. The van der Waals surface area contributed by atoms with Crippen LogP contribution in [0.5, 0.6) is 0 Å². The number of pyridine rings is 1. The van der Waals surface area contributed by atoms with Gasteiger partial charge in [0.25, 0.3) is 0 Å². The molecule has 1 atom stereocenters.